The van der Waals surface area contributed by atoms with Crippen molar-refractivity contribution in [2.75, 3.05) is 0 Å². The van der Waals surface area contributed by atoms with Crippen LogP contribution >= 0.6 is 0 Å². The van der Waals surface area contributed by atoms with Gasteiger partial charge in [-0.2, -0.15) is 0 Å². The molecule has 0 aliphatic heterocycles. The van der Waals surface area contributed by atoms with Crippen LogP contribution < -0.4 is 16.0 Å². The van der Waals surface area contributed by atoms with E-state index in [1.165, 1.54) is 0 Å². The van der Waals surface area contributed by atoms with Crippen LogP contribution in [0.5, 0.6) is 0 Å². The highest BCUT2D eigenvalue weighted by atomic mass is 19.3. The van der Waals surface area contributed by atoms with E-state index in [0.717, 1.165) is 0 Å². The molecule has 10 heteroatoms. The molecule has 0 aromatic rings. The van der Waals surface area contributed by atoms with E-state index in [-0.39, 0.29) is 18.4 Å². The standard InChI is InChI=1S/C18H31F2N3O5/c1-6-10(5)14(21-9(3)4)17(26)22-11(7-2)16(25)23-12(8-13(19)20)15(24)18(27)28/h9-14,21H,6-8H2,1-5H3,(H,22,26)(H,23,25)(H,27,28)/t10?,11-,12?,14-/m0/s1. The van der Waals surface area contributed by atoms with Gasteiger partial charge in [-0.25, -0.2) is 13.6 Å². The van der Waals surface area contributed by atoms with Crippen LogP contribution in [0.2, 0.25) is 0 Å². The van der Waals surface area contributed by atoms with Gasteiger partial charge in [0.1, 0.15) is 12.1 Å². The van der Waals surface area contributed by atoms with E-state index >= 15 is 0 Å². The molecule has 0 aliphatic rings. The highest BCUT2D eigenvalue weighted by molar-refractivity contribution is 6.35. The van der Waals surface area contributed by atoms with Gasteiger partial charge in [0.15, 0.2) is 0 Å². The van der Waals surface area contributed by atoms with Crippen molar-refractivity contribution < 1.29 is 33.1 Å². The van der Waals surface area contributed by atoms with E-state index in [9.17, 15) is 28.0 Å². The summed E-state index contributed by atoms with van der Waals surface area (Å²) in [6.07, 6.45) is -3.25. The maximum Gasteiger partial charge on any atom is 0.374 e. The molecule has 0 radical (unpaired) electrons. The van der Waals surface area contributed by atoms with Gasteiger partial charge in [0.25, 0.3) is 5.78 Å². The van der Waals surface area contributed by atoms with Gasteiger partial charge in [0, 0.05) is 12.5 Å². The predicted octanol–water partition coefficient (Wildman–Crippen LogP) is 1.09. The smallest absolute Gasteiger partial charge is 0.374 e. The van der Waals surface area contributed by atoms with Crippen LogP contribution in [-0.4, -0.2) is 59.3 Å². The van der Waals surface area contributed by atoms with E-state index in [2.05, 4.69) is 10.6 Å². The second-order valence-electron chi connectivity index (χ2n) is 7.01. The quantitative estimate of drug-likeness (QED) is 0.339. The zero-order chi connectivity index (χ0) is 22.0. The highest BCUT2D eigenvalue weighted by Gasteiger charge is 2.33. The van der Waals surface area contributed by atoms with Crippen molar-refractivity contribution >= 4 is 23.6 Å². The molecular weight excluding hydrogens is 376 g/mol. The zero-order valence-corrected chi connectivity index (χ0v) is 16.9. The van der Waals surface area contributed by atoms with Gasteiger partial charge in [-0.3, -0.25) is 14.4 Å². The van der Waals surface area contributed by atoms with Crippen molar-refractivity contribution in [3.63, 3.8) is 0 Å². The number of halogens is 2. The molecule has 0 aromatic heterocycles. The summed E-state index contributed by atoms with van der Waals surface area (Å²) in [5.41, 5.74) is 0. The topological polar surface area (TPSA) is 125 Å². The summed E-state index contributed by atoms with van der Waals surface area (Å²) in [5.74, 6) is -4.79. The molecule has 0 saturated carbocycles. The predicted molar refractivity (Wildman–Crippen MR) is 98.9 cm³/mol. The molecule has 0 fully saturated rings. The number of alkyl halides is 2. The lowest BCUT2D eigenvalue weighted by atomic mass is 9.97. The molecule has 0 aromatic carbocycles. The minimum absolute atomic E-state index is 0.0160. The first-order valence-electron chi connectivity index (χ1n) is 9.36. The lowest BCUT2D eigenvalue weighted by Gasteiger charge is -2.28. The molecule has 4 atom stereocenters. The van der Waals surface area contributed by atoms with Crippen LogP contribution in [0.3, 0.4) is 0 Å². The van der Waals surface area contributed by atoms with Crippen LogP contribution in [0.1, 0.15) is 53.9 Å². The van der Waals surface area contributed by atoms with Gasteiger partial charge in [-0.05, 0) is 12.3 Å². The third-order valence-corrected chi connectivity index (χ3v) is 4.31. The molecule has 0 rings (SSSR count). The Balaban J connectivity index is 5.25. The summed E-state index contributed by atoms with van der Waals surface area (Å²) < 4.78 is 25.3. The third kappa shape index (κ3) is 8.73. The maximum atomic E-state index is 12.6. The molecule has 0 heterocycles. The number of carbonyl (C=O) groups excluding carboxylic acids is 3. The first kappa shape index (κ1) is 25.9. The summed E-state index contributed by atoms with van der Waals surface area (Å²) in [4.78, 5) is 47.4. The average molecular weight is 407 g/mol. The summed E-state index contributed by atoms with van der Waals surface area (Å²) in [6, 6.07) is -3.50. The number of nitrogens with one attached hydrogen (secondary N) is 3. The Morgan fingerprint density at radius 3 is 1.82 bits per heavy atom. The Morgan fingerprint density at radius 2 is 1.43 bits per heavy atom. The first-order chi connectivity index (χ1) is 12.9. The summed E-state index contributed by atoms with van der Waals surface area (Å²) in [6.45, 7) is 9.15. The second kappa shape index (κ2) is 12.4. The number of carbonyl (C=O) groups is 4. The number of carboxylic acids is 1. The van der Waals surface area contributed by atoms with Gasteiger partial charge in [0.05, 0.1) is 6.04 Å². The van der Waals surface area contributed by atoms with E-state index < -0.39 is 54.5 Å². The third-order valence-electron chi connectivity index (χ3n) is 4.31. The highest BCUT2D eigenvalue weighted by Crippen LogP contribution is 2.10. The van der Waals surface area contributed by atoms with Crippen LogP contribution in [0.25, 0.3) is 0 Å². The number of rotatable bonds is 13. The molecule has 2 unspecified atom stereocenters. The van der Waals surface area contributed by atoms with Crippen LogP contribution in [-0.2, 0) is 19.2 Å². The molecule has 8 nitrogen and oxygen atoms in total. The summed E-state index contributed by atoms with van der Waals surface area (Å²) in [5, 5.41) is 16.4. The van der Waals surface area contributed by atoms with Crippen molar-refractivity contribution in [1.82, 2.24) is 16.0 Å². The summed E-state index contributed by atoms with van der Waals surface area (Å²) in [7, 11) is 0. The number of amides is 2. The molecule has 0 bridgehead atoms. The zero-order valence-electron chi connectivity index (χ0n) is 16.9. The van der Waals surface area contributed by atoms with Gasteiger partial charge in [-0.1, -0.05) is 41.0 Å². The molecular formula is C18H31F2N3O5. The number of ketones is 1. The van der Waals surface area contributed by atoms with Gasteiger partial charge in [0.2, 0.25) is 18.2 Å². The minimum Gasteiger partial charge on any atom is -0.475 e. The fourth-order valence-corrected chi connectivity index (χ4v) is 2.54. The van der Waals surface area contributed by atoms with Crippen molar-refractivity contribution in [3.05, 3.63) is 0 Å². The normalized spacial score (nSPS) is 15.6. The lowest BCUT2D eigenvalue weighted by molar-refractivity contribution is -0.151. The van der Waals surface area contributed by atoms with Gasteiger partial charge < -0.3 is 21.1 Å². The van der Waals surface area contributed by atoms with Crippen molar-refractivity contribution in [3.8, 4) is 0 Å². The summed E-state index contributed by atoms with van der Waals surface area (Å²) >= 11 is 0. The van der Waals surface area contributed by atoms with Crippen molar-refractivity contribution in [2.24, 2.45) is 5.92 Å². The molecule has 4 N–H and O–H groups in total. The Labute approximate surface area is 163 Å². The molecule has 2 amide bonds. The molecule has 0 saturated heterocycles. The van der Waals surface area contributed by atoms with Crippen LogP contribution in [0.15, 0.2) is 0 Å². The largest absolute Gasteiger partial charge is 0.475 e. The van der Waals surface area contributed by atoms with Gasteiger partial charge in [-0.15, -0.1) is 0 Å². The Morgan fingerprint density at radius 1 is 0.893 bits per heavy atom. The Kier molecular flexibility index (Phi) is 11.4. The SMILES string of the molecule is CCC(C)[C@H](NC(C)C)C(=O)N[C@@H](CC)C(=O)NC(CC(F)F)C(=O)C(=O)O. The maximum absolute atomic E-state index is 12.6. The van der Waals surface area contributed by atoms with Crippen molar-refractivity contribution in [1.29, 1.82) is 0 Å². The fourth-order valence-electron chi connectivity index (χ4n) is 2.54. The minimum atomic E-state index is -2.98. The second-order valence-corrected chi connectivity index (χ2v) is 7.01. The van der Waals surface area contributed by atoms with E-state index in [0.29, 0.717) is 6.42 Å². The molecule has 0 spiro atoms. The molecule has 162 valence electrons. The number of carboxylic acid groups (broad SMARTS) is 1. The Hall–Kier alpha value is -2.10. The number of Topliss-reactive ketones (excluding diaryl/α,β-unsaturated/α-hetero) is 1. The van der Waals surface area contributed by atoms with E-state index in [1.54, 1.807) is 6.92 Å². The van der Waals surface area contributed by atoms with Crippen molar-refractivity contribution in [2.45, 2.75) is 84.5 Å². The van der Waals surface area contributed by atoms with Crippen LogP contribution in [0.4, 0.5) is 8.78 Å². The van der Waals surface area contributed by atoms with Crippen LogP contribution in [0, 0.1) is 5.92 Å². The van der Waals surface area contributed by atoms with E-state index in [4.69, 9.17) is 5.11 Å². The first-order valence-corrected chi connectivity index (χ1v) is 9.36. The van der Waals surface area contributed by atoms with Gasteiger partial charge >= 0.3 is 5.97 Å². The average Bonchev–Trinajstić information content (AvgIpc) is 2.61. The van der Waals surface area contributed by atoms with E-state index in [1.807, 2.05) is 33.0 Å². The molecule has 28 heavy (non-hydrogen) atoms. The lowest BCUT2D eigenvalue weighted by Crippen LogP contribution is -2.57. The monoisotopic (exact) mass is 407 g/mol. The number of aliphatic carboxylic acids is 1. The number of hydrogen-bond donors (Lipinski definition) is 4. The molecule has 0 aliphatic carbocycles. The number of hydrogen-bond acceptors (Lipinski definition) is 5. The fraction of sp³-hybridized carbons (Fsp3) is 0.778. The Bertz CT molecular complexity index is 557.